The number of hydrazine groups is 1. The van der Waals surface area contributed by atoms with Gasteiger partial charge in [-0.2, -0.15) is 0 Å². The van der Waals surface area contributed by atoms with Gasteiger partial charge < -0.3 is 4.74 Å². The normalized spacial score (nSPS) is 10.2. The van der Waals surface area contributed by atoms with Gasteiger partial charge in [-0.15, -0.1) is 0 Å². The van der Waals surface area contributed by atoms with Crippen molar-refractivity contribution >= 4 is 5.91 Å². The van der Waals surface area contributed by atoms with Crippen molar-refractivity contribution in [2.75, 3.05) is 13.7 Å². The summed E-state index contributed by atoms with van der Waals surface area (Å²) in [6.07, 6.45) is 0. The molecule has 0 saturated heterocycles. The van der Waals surface area contributed by atoms with Gasteiger partial charge in [0.15, 0.2) is 0 Å². The Morgan fingerprint density at radius 1 is 1.50 bits per heavy atom. The average Bonchev–Trinajstić information content (AvgIpc) is 2.22. The number of carbonyl (C=O) groups is 1. The highest BCUT2D eigenvalue weighted by atomic mass is 19.1. The molecule has 0 aromatic heterocycles. The maximum Gasteiger partial charge on any atom is 0.262 e. The predicted molar refractivity (Wildman–Crippen MR) is 53.0 cm³/mol. The minimum atomic E-state index is -0.574. The second-order valence-corrected chi connectivity index (χ2v) is 3.23. The lowest BCUT2D eigenvalue weighted by molar-refractivity contribution is -0.135. The van der Waals surface area contributed by atoms with E-state index in [0.29, 0.717) is 0 Å². The van der Waals surface area contributed by atoms with Crippen molar-refractivity contribution < 1.29 is 18.3 Å². The highest BCUT2D eigenvalue weighted by Crippen LogP contribution is 2.10. The van der Waals surface area contributed by atoms with Gasteiger partial charge >= 0.3 is 0 Å². The lowest BCUT2D eigenvalue weighted by atomic mass is 10.2. The van der Waals surface area contributed by atoms with E-state index in [2.05, 4.69) is 0 Å². The molecule has 0 aliphatic rings. The van der Waals surface area contributed by atoms with Gasteiger partial charge in [0.2, 0.25) is 0 Å². The Bertz CT molecular complexity index is 383. The Hall–Kier alpha value is -1.53. The molecule has 6 heteroatoms. The van der Waals surface area contributed by atoms with Crippen LogP contribution in [0.2, 0.25) is 0 Å². The van der Waals surface area contributed by atoms with Crippen LogP contribution < -0.4 is 5.84 Å². The van der Waals surface area contributed by atoms with Gasteiger partial charge in [-0.05, 0) is 18.2 Å². The van der Waals surface area contributed by atoms with Crippen LogP contribution in [0.3, 0.4) is 0 Å². The minimum Gasteiger partial charge on any atom is -0.367 e. The van der Waals surface area contributed by atoms with E-state index in [1.165, 1.54) is 7.05 Å². The van der Waals surface area contributed by atoms with Crippen molar-refractivity contribution in [1.29, 1.82) is 0 Å². The Labute approximate surface area is 91.6 Å². The van der Waals surface area contributed by atoms with Crippen molar-refractivity contribution in [2.24, 2.45) is 5.84 Å². The van der Waals surface area contributed by atoms with Gasteiger partial charge in [-0.1, -0.05) is 0 Å². The SMILES string of the molecule is CN(N)C(=O)COCc1cc(F)ccc1F. The van der Waals surface area contributed by atoms with Crippen LogP contribution in [0.15, 0.2) is 18.2 Å². The molecule has 16 heavy (non-hydrogen) atoms. The second kappa shape index (κ2) is 5.53. The second-order valence-electron chi connectivity index (χ2n) is 3.23. The molecule has 88 valence electrons. The Morgan fingerprint density at radius 2 is 2.19 bits per heavy atom. The fourth-order valence-electron chi connectivity index (χ4n) is 1.00. The highest BCUT2D eigenvalue weighted by Gasteiger charge is 2.07. The topological polar surface area (TPSA) is 55.6 Å². The van der Waals surface area contributed by atoms with Crippen LogP contribution in [0.1, 0.15) is 5.56 Å². The van der Waals surface area contributed by atoms with E-state index in [4.69, 9.17) is 10.6 Å². The number of halogens is 2. The molecule has 0 unspecified atom stereocenters. The summed E-state index contributed by atoms with van der Waals surface area (Å²) >= 11 is 0. The van der Waals surface area contributed by atoms with Crippen LogP contribution >= 0.6 is 0 Å². The smallest absolute Gasteiger partial charge is 0.262 e. The third-order valence-corrected chi connectivity index (χ3v) is 1.88. The first-order chi connectivity index (χ1) is 7.50. The molecule has 1 aromatic carbocycles. The fraction of sp³-hybridized carbons (Fsp3) is 0.300. The maximum atomic E-state index is 13.1. The molecule has 0 heterocycles. The predicted octanol–water partition coefficient (Wildman–Crippen LogP) is 0.814. The lowest BCUT2D eigenvalue weighted by Gasteiger charge is -2.10. The van der Waals surface area contributed by atoms with E-state index in [1.807, 2.05) is 0 Å². The third-order valence-electron chi connectivity index (χ3n) is 1.88. The van der Waals surface area contributed by atoms with Crippen molar-refractivity contribution in [3.8, 4) is 0 Å². The zero-order valence-corrected chi connectivity index (χ0v) is 8.74. The number of likely N-dealkylation sites (N-methyl/N-ethyl adjacent to an activating group) is 1. The van der Waals surface area contributed by atoms with Crippen LogP contribution in [0, 0.1) is 11.6 Å². The molecule has 0 aliphatic heterocycles. The van der Waals surface area contributed by atoms with Crippen molar-refractivity contribution in [2.45, 2.75) is 6.61 Å². The van der Waals surface area contributed by atoms with Gasteiger partial charge in [0.05, 0.1) is 6.61 Å². The first-order valence-electron chi connectivity index (χ1n) is 4.53. The van der Waals surface area contributed by atoms with Crippen LogP contribution in [0.25, 0.3) is 0 Å². The van der Waals surface area contributed by atoms with E-state index >= 15 is 0 Å². The van der Waals surface area contributed by atoms with Crippen molar-refractivity contribution in [1.82, 2.24) is 5.01 Å². The summed E-state index contributed by atoms with van der Waals surface area (Å²) < 4.78 is 30.7. The lowest BCUT2D eigenvalue weighted by Crippen LogP contribution is -2.35. The molecule has 1 aromatic rings. The highest BCUT2D eigenvalue weighted by molar-refractivity contribution is 5.76. The number of ether oxygens (including phenoxy) is 1. The molecular weight excluding hydrogens is 218 g/mol. The number of amides is 1. The van der Waals surface area contributed by atoms with Gasteiger partial charge in [0.25, 0.3) is 5.91 Å². The van der Waals surface area contributed by atoms with Crippen LogP contribution in [0.4, 0.5) is 8.78 Å². The molecule has 0 aliphatic carbocycles. The number of nitrogens with zero attached hydrogens (tertiary/aromatic N) is 1. The number of hydrogen-bond acceptors (Lipinski definition) is 3. The first-order valence-corrected chi connectivity index (χ1v) is 4.53. The van der Waals surface area contributed by atoms with Gasteiger partial charge in [0, 0.05) is 12.6 Å². The van der Waals surface area contributed by atoms with E-state index in [0.717, 1.165) is 23.2 Å². The third kappa shape index (κ3) is 3.56. The fourth-order valence-corrected chi connectivity index (χ4v) is 1.00. The van der Waals surface area contributed by atoms with Gasteiger partial charge in [-0.25, -0.2) is 14.6 Å². The zero-order chi connectivity index (χ0) is 12.1. The van der Waals surface area contributed by atoms with E-state index in [9.17, 15) is 13.6 Å². The standard InChI is InChI=1S/C10H12F2N2O2/c1-14(13)10(15)6-16-5-7-4-8(11)2-3-9(7)12/h2-4H,5-6,13H2,1H3. The quantitative estimate of drug-likeness (QED) is 0.473. The molecule has 0 bridgehead atoms. The van der Waals surface area contributed by atoms with Crippen LogP contribution in [0.5, 0.6) is 0 Å². The summed E-state index contributed by atoms with van der Waals surface area (Å²) in [5.41, 5.74) is 0.0625. The summed E-state index contributed by atoms with van der Waals surface area (Å²) in [6.45, 7) is -0.452. The molecule has 1 rings (SSSR count). The summed E-state index contributed by atoms with van der Waals surface area (Å²) in [5.74, 6) is 3.56. The largest absolute Gasteiger partial charge is 0.367 e. The zero-order valence-electron chi connectivity index (χ0n) is 8.74. The van der Waals surface area contributed by atoms with Gasteiger partial charge in [-0.3, -0.25) is 9.80 Å². The van der Waals surface area contributed by atoms with Crippen molar-refractivity contribution in [3.05, 3.63) is 35.4 Å². The molecule has 4 nitrogen and oxygen atoms in total. The number of nitrogens with two attached hydrogens (primary N) is 1. The molecule has 2 N–H and O–H groups in total. The number of rotatable bonds is 4. The molecule has 0 fully saturated rings. The molecular formula is C10H12F2N2O2. The average molecular weight is 230 g/mol. The van der Waals surface area contributed by atoms with Crippen molar-refractivity contribution in [3.63, 3.8) is 0 Å². The Kier molecular flexibility index (Phi) is 4.33. The van der Waals surface area contributed by atoms with Crippen LogP contribution in [-0.2, 0) is 16.1 Å². The minimum absolute atomic E-state index is 0.0625. The summed E-state index contributed by atoms with van der Waals surface area (Å²) in [7, 11) is 1.37. The van der Waals surface area contributed by atoms with Gasteiger partial charge in [0.1, 0.15) is 18.2 Å². The number of hydrogen-bond donors (Lipinski definition) is 1. The molecule has 0 radical (unpaired) electrons. The number of benzene rings is 1. The Morgan fingerprint density at radius 3 is 2.81 bits per heavy atom. The Balaban J connectivity index is 2.49. The van der Waals surface area contributed by atoms with E-state index in [1.54, 1.807) is 0 Å². The molecule has 0 atom stereocenters. The van der Waals surface area contributed by atoms with E-state index < -0.39 is 17.5 Å². The maximum absolute atomic E-state index is 13.1. The molecule has 0 spiro atoms. The monoisotopic (exact) mass is 230 g/mol. The number of carbonyl (C=O) groups excluding carboxylic acids is 1. The first kappa shape index (κ1) is 12.5. The molecule has 0 saturated carbocycles. The summed E-state index contributed by atoms with van der Waals surface area (Å²) in [6, 6.07) is 3.04. The van der Waals surface area contributed by atoms with E-state index in [-0.39, 0.29) is 18.8 Å². The van der Waals surface area contributed by atoms with Crippen LogP contribution in [-0.4, -0.2) is 24.6 Å². The summed E-state index contributed by atoms with van der Waals surface area (Å²) in [4.78, 5) is 11.0. The summed E-state index contributed by atoms with van der Waals surface area (Å²) in [5, 5.41) is 0.863. The molecule has 1 amide bonds.